The maximum absolute atomic E-state index is 11.6. The third kappa shape index (κ3) is 7.10. The Kier molecular flexibility index (Phi) is 6.62. The molecule has 0 aliphatic rings. The van der Waals surface area contributed by atoms with Crippen molar-refractivity contribution >= 4 is 17.9 Å². The summed E-state index contributed by atoms with van der Waals surface area (Å²) in [6.45, 7) is 6.75. The van der Waals surface area contributed by atoms with E-state index in [-0.39, 0.29) is 0 Å². The summed E-state index contributed by atoms with van der Waals surface area (Å²) in [5.41, 5.74) is 0. The molecule has 0 aromatic carbocycles. The smallest absolute Gasteiger partial charge is 0.328 e. The average Bonchev–Trinajstić information content (AvgIpc) is 2.22. The first-order valence-corrected chi connectivity index (χ1v) is 5.37. The molecule has 0 atom stereocenters. The standard InChI is InChI=1S/C11H18N2O4/c1-4-13(7-8(2)3)11(17)12-9(14)5-6-10(15)16/h5-6,8H,4,7H2,1-3H3,(H,15,16)(H,12,14,17)/b6-5+. The van der Waals surface area contributed by atoms with Crippen LogP contribution in [0.25, 0.3) is 0 Å². The molecule has 6 nitrogen and oxygen atoms in total. The highest BCUT2D eigenvalue weighted by Gasteiger charge is 2.14. The van der Waals surface area contributed by atoms with E-state index in [4.69, 9.17) is 5.11 Å². The average molecular weight is 242 g/mol. The van der Waals surface area contributed by atoms with Crippen LogP contribution in [0, 0.1) is 5.92 Å². The fourth-order valence-electron chi connectivity index (χ4n) is 1.17. The highest BCUT2D eigenvalue weighted by Crippen LogP contribution is 1.98. The van der Waals surface area contributed by atoms with Gasteiger partial charge >= 0.3 is 12.0 Å². The molecule has 0 saturated heterocycles. The minimum Gasteiger partial charge on any atom is -0.478 e. The summed E-state index contributed by atoms with van der Waals surface area (Å²) in [4.78, 5) is 34.4. The van der Waals surface area contributed by atoms with Gasteiger partial charge in [0.2, 0.25) is 0 Å². The van der Waals surface area contributed by atoms with Crippen LogP contribution < -0.4 is 5.32 Å². The van der Waals surface area contributed by atoms with Gasteiger partial charge in [0, 0.05) is 25.2 Å². The summed E-state index contributed by atoms with van der Waals surface area (Å²) in [6.07, 6.45) is 1.49. The van der Waals surface area contributed by atoms with Crippen LogP contribution in [-0.2, 0) is 9.59 Å². The predicted molar refractivity (Wildman–Crippen MR) is 62.4 cm³/mol. The molecular weight excluding hydrogens is 224 g/mol. The SMILES string of the molecule is CCN(CC(C)C)C(=O)NC(=O)/C=C/C(=O)O. The lowest BCUT2D eigenvalue weighted by molar-refractivity contribution is -0.131. The topological polar surface area (TPSA) is 86.7 Å². The summed E-state index contributed by atoms with van der Waals surface area (Å²) in [7, 11) is 0. The molecule has 0 saturated carbocycles. The number of urea groups is 1. The number of nitrogens with zero attached hydrogens (tertiary/aromatic N) is 1. The lowest BCUT2D eigenvalue weighted by atomic mass is 10.2. The van der Waals surface area contributed by atoms with Crippen molar-refractivity contribution < 1.29 is 19.5 Å². The van der Waals surface area contributed by atoms with E-state index in [2.05, 4.69) is 5.32 Å². The number of carbonyl (C=O) groups excluding carboxylic acids is 2. The van der Waals surface area contributed by atoms with Crippen LogP contribution >= 0.6 is 0 Å². The van der Waals surface area contributed by atoms with Crippen molar-refractivity contribution in [3.05, 3.63) is 12.2 Å². The lowest BCUT2D eigenvalue weighted by Crippen LogP contribution is -2.43. The molecule has 0 aromatic rings. The summed E-state index contributed by atoms with van der Waals surface area (Å²) in [5, 5.41) is 10.4. The molecule has 0 unspecified atom stereocenters. The number of carboxylic acid groups (broad SMARTS) is 1. The van der Waals surface area contributed by atoms with Crippen LogP contribution in [0.5, 0.6) is 0 Å². The van der Waals surface area contributed by atoms with Gasteiger partial charge in [0.15, 0.2) is 0 Å². The number of imide groups is 1. The first-order valence-electron chi connectivity index (χ1n) is 5.37. The molecule has 6 heteroatoms. The van der Waals surface area contributed by atoms with Gasteiger partial charge in [-0.25, -0.2) is 9.59 Å². The third-order valence-corrected chi connectivity index (χ3v) is 1.86. The Balaban J connectivity index is 4.31. The second-order valence-corrected chi connectivity index (χ2v) is 3.90. The highest BCUT2D eigenvalue weighted by molar-refractivity contribution is 6.02. The summed E-state index contributed by atoms with van der Waals surface area (Å²) in [5.74, 6) is -1.67. The van der Waals surface area contributed by atoms with Gasteiger partial charge in [0.1, 0.15) is 0 Å². The van der Waals surface area contributed by atoms with E-state index in [0.717, 1.165) is 6.08 Å². The van der Waals surface area contributed by atoms with Crippen LogP contribution in [0.2, 0.25) is 0 Å². The van der Waals surface area contributed by atoms with Gasteiger partial charge in [-0.2, -0.15) is 0 Å². The molecule has 0 heterocycles. The fraction of sp³-hybridized carbons (Fsp3) is 0.545. The van der Waals surface area contributed by atoms with Crippen LogP contribution in [0.15, 0.2) is 12.2 Å². The first-order chi connectivity index (χ1) is 7.86. The Morgan fingerprint density at radius 3 is 2.29 bits per heavy atom. The van der Waals surface area contributed by atoms with E-state index in [1.54, 1.807) is 6.92 Å². The summed E-state index contributed by atoms with van der Waals surface area (Å²) < 4.78 is 0. The largest absolute Gasteiger partial charge is 0.478 e. The Labute approximate surface area is 100 Å². The first kappa shape index (κ1) is 15.2. The summed E-state index contributed by atoms with van der Waals surface area (Å²) in [6, 6.07) is -0.513. The van der Waals surface area contributed by atoms with Crippen molar-refractivity contribution in [1.82, 2.24) is 10.2 Å². The number of hydrogen-bond donors (Lipinski definition) is 2. The Morgan fingerprint density at radius 1 is 1.29 bits per heavy atom. The van der Waals surface area contributed by atoms with Crippen LogP contribution in [0.4, 0.5) is 4.79 Å². The van der Waals surface area contributed by atoms with Crippen molar-refractivity contribution in [2.75, 3.05) is 13.1 Å². The van der Waals surface area contributed by atoms with E-state index in [0.29, 0.717) is 25.1 Å². The van der Waals surface area contributed by atoms with Gasteiger partial charge in [-0.05, 0) is 12.8 Å². The second-order valence-electron chi connectivity index (χ2n) is 3.90. The zero-order chi connectivity index (χ0) is 13.4. The normalized spacial score (nSPS) is 10.6. The van der Waals surface area contributed by atoms with E-state index < -0.39 is 17.9 Å². The molecule has 0 spiro atoms. The zero-order valence-electron chi connectivity index (χ0n) is 10.3. The van der Waals surface area contributed by atoms with Crippen LogP contribution in [0.3, 0.4) is 0 Å². The lowest BCUT2D eigenvalue weighted by Gasteiger charge is -2.22. The minimum atomic E-state index is -1.23. The number of carboxylic acids is 1. The van der Waals surface area contributed by atoms with Gasteiger partial charge in [0.25, 0.3) is 5.91 Å². The van der Waals surface area contributed by atoms with Crippen LogP contribution in [-0.4, -0.2) is 41.0 Å². The molecule has 0 rings (SSSR count). The molecule has 0 bridgehead atoms. The molecular formula is C11H18N2O4. The number of aliphatic carboxylic acids is 1. The van der Waals surface area contributed by atoms with Crippen molar-refractivity contribution in [3.8, 4) is 0 Å². The maximum Gasteiger partial charge on any atom is 0.328 e. The second kappa shape index (κ2) is 7.43. The predicted octanol–water partition coefficient (Wildman–Crippen LogP) is 0.841. The molecule has 0 aromatic heterocycles. The molecule has 96 valence electrons. The van der Waals surface area contributed by atoms with Gasteiger partial charge in [-0.15, -0.1) is 0 Å². The van der Waals surface area contributed by atoms with E-state index >= 15 is 0 Å². The highest BCUT2D eigenvalue weighted by atomic mass is 16.4. The Bertz CT molecular complexity index is 323. The minimum absolute atomic E-state index is 0.297. The number of nitrogens with one attached hydrogen (secondary N) is 1. The molecule has 3 amide bonds. The number of rotatable bonds is 5. The molecule has 0 radical (unpaired) electrons. The van der Waals surface area contributed by atoms with Crippen molar-refractivity contribution in [2.24, 2.45) is 5.92 Å². The molecule has 17 heavy (non-hydrogen) atoms. The maximum atomic E-state index is 11.6. The Hall–Kier alpha value is -1.85. The quantitative estimate of drug-likeness (QED) is 0.699. The number of carbonyl (C=O) groups is 3. The summed E-state index contributed by atoms with van der Waals surface area (Å²) >= 11 is 0. The number of hydrogen-bond acceptors (Lipinski definition) is 3. The van der Waals surface area contributed by atoms with E-state index in [1.165, 1.54) is 4.90 Å². The Morgan fingerprint density at radius 2 is 1.88 bits per heavy atom. The molecule has 2 N–H and O–H groups in total. The third-order valence-electron chi connectivity index (χ3n) is 1.86. The van der Waals surface area contributed by atoms with Crippen molar-refractivity contribution in [1.29, 1.82) is 0 Å². The van der Waals surface area contributed by atoms with E-state index in [1.807, 2.05) is 13.8 Å². The number of amides is 3. The van der Waals surface area contributed by atoms with E-state index in [9.17, 15) is 14.4 Å². The van der Waals surface area contributed by atoms with Gasteiger partial charge in [-0.1, -0.05) is 13.8 Å². The molecule has 0 fully saturated rings. The molecule has 0 aliphatic heterocycles. The molecule has 0 aliphatic carbocycles. The fourth-order valence-corrected chi connectivity index (χ4v) is 1.17. The zero-order valence-corrected chi connectivity index (χ0v) is 10.3. The van der Waals surface area contributed by atoms with Gasteiger partial charge in [-0.3, -0.25) is 10.1 Å². The van der Waals surface area contributed by atoms with Crippen LogP contribution in [0.1, 0.15) is 20.8 Å². The van der Waals surface area contributed by atoms with Gasteiger partial charge in [0.05, 0.1) is 0 Å². The van der Waals surface area contributed by atoms with Crippen molar-refractivity contribution in [3.63, 3.8) is 0 Å². The van der Waals surface area contributed by atoms with Crippen molar-refractivity contribution in [2.45, 2.75) is 20.8 Å². The monoisotopic (exact) mass is 242 g/mol. The van der Waals surface area contributed by atoms with Gasteiger partial charge < -0.3 is 10.0 Å².